The molecule has 10 heavy (non-hydrogen) atoms. The van der Waals surface area contributed by atoms with Crippen molar-refractivity contribution < 1.29 is 4.79 Å². The first kappa shape index (κ1) is 11.8. The van der Waals surface area contributed by atoms with Crippen LogP contribution in [0, 0.1) is 4.91 Å². The topological polar surface area (TPSA) is 49.7 Å². The van der Waals surface area contributed by atoms with Crippen LogP contribution in [0.3, 0.4) is 0 Å². The Morgan fingerprint density at radius 1 is 1.50 bits per heavy atom. The van der Waals surface area contributed by atoms with Crippen LogP contribution in [-0.4, -0.2) is 18.0 Å². The van der Waals surface area contributed by atoms with Crippen molar-refractivity contribution in [2.75, 3.05) is 7.05 Å². The lowest BCUT2D eigenvalue weighted by molar-refractivity contribution is -0.129. The van der Waals surface area contributed by atoms with Gasteiger partial charge in [0.2, 0.25) is 5.91 Å². The Kier molecular flexibility index (Phi) is 9.54. The van der Waals surface area contributed by atoms with E-state index in [-0.39, 0.29) is 5.91 Å². The van der Waals surface area contributed by atoms with Gasteiger partial charge >= 0.3 is 0 Å². The number of nitroso groups, excluding NO2 is 1. The molecule has 0 spiro atoms. The molecule has 0 atom stereocenters. The molecule has 60 valence electrons. The predicted octanol–water partition coefficient (Wildman–Crippen LogP) is 1.56. The number of hydrogen-bond donors (Lipinski definition) is 0. The Morgan fingerprint density at radius 3 is 2.00 bits per heavy atom. The Hall–Kier alpha value is -0.930. The second kappa shape index (κ2) is 8.07. The van der Waals surface area contributed by atoms with Crippen molar-refractivity contribution in [1.82, 2.24) is 5.01 Å². The van der Waals surface area contributed by atoms with Gasteiger partial charge in [-0.25, -0.2) is 5.01 Å². The number of hydrogen-bond acceptors (Lipinski definition) is 3. The fourth-order valence-electron chi connectivity index (χ4n) is 0.274. The van der Waals surface area contributed by atoms with Crippen LogP contribution in [0.5, 0.6) is 0 Å². The van der Waals surface area contributed by atoms with E-state index >= 15 is 0 Å². The molecule has 0 rings (SSSR count). The number of nitrogens with zero attached hydrogens (tertiary/aromatic N) is 2. The Balaban J connectivity index is 0. The zero-order valence-electron chi connectivity index (χ0n) is 6.92. The summed E-state index contributed by atoms with van der Waals surface area (Å²) < 4.78 is 0. The summed E-state index contributed by atoms with van der Waals surface area (Å²) in [6.07, 6.45) is 0.322. The van der Waals surface area contributed by atoms with Crippen LogP contribution >= 0.6 is 0 Å². The zero-order valence-corrected chi connectivity index (χ0v) is 6.92. The number of carbonyl (C=O) groups excluding carboxylic acids is 1. The monoisotopic (exact) mass is 146 g/mol. The molecular weight excluding hydrogens is 132 g/mol. The minimum atomic E-state index is -0.264. The van der Waals surface area contributed by atoms with Crippen molar-refractivity contribution in [1.29, 1.82) is 0 Å². The molecule has 0 saturated heterocycles. The van der Waals surface area contributed by atoms with Gasteiger partial charge in [0.05, 0.1) is 5.29 Å². The predicted molar refractivity (Wildman–Crippen MR) is 40.2 cm³/mol. The van der Waals surface area contributed by atoms with E-state index in [9.17, 15) is 9.70 Å². The maximum atomic E-state index is 10.4. The van der Waals surface area contributed by atoms with Crippen molar-refractivity contribution in [2.24, 2.45) is 5.29 Å². The number of rotatable bonds is 2. The van der Waals surface area contributed by atoms with Gasteiger partial charge in [-0.2, -0.15) is 0 Å². The molecule has 0 radical (unpaired) electrons. The Bertz CT molecular complexity index is 104. The molecule has 0 fully saturated rings. The third kappa shape index (κ3) is 5.21. The van der Waals surface area contributed by atoms with E-state index in [0.29, 0.717) is 6.42 Å². The number of carbonyl (C=O) groups is 1. The maximum absolute atomic E-state index is 10.4. The second-order valence-electron chi connectivity index (χ2n) is 1.35. The van der Waals surface area contributed by atoms with Crippen LogP contribution in [0.1, 0.15) is 27.2 Å². The molecule has 0 unspecified atom stereocenters. The second-order valence-corrected chi connectivity index (χ2v) is 1.35. The zero-order chi connectivity index (χ0) is 8.57. The van der Waals surface area contributed by atoms with Crippen LogP contribution < -0.4 is 0 Å². The third-order valence-corrected chi connectivity index (χ3v) is 0.786. The van der Waals surface area contributed by atoms with Gasteiger partial charge in [-0.05, 0) is 0 Å². The summed E-state index contributed by atoms with van der Waals surface area (Å²) in [5.74, 6) is -0.264. The van der Waals surface area contributed by atoms with Gasteiger partial charge in [-0.1, -0.05) is 20.8 Å². The van der Waals surface area contributed by atoms with Gasteiger partial charge < -0.3 is 0 Å². The third-order valence-electron chi connectivity index (χ3n) is 0.786. The molecule has 0 heterocycles. The highest BCUT2D eigenvalue weighted by Crippen LogP contribution is 1.87. The molecule has 0 aromatic heterocycles. The quantitative estimate of drug-likeness (QED) is 0.438. The molecule has 1 amide bonds. The molecule has 0 aromatic carbocycles. The molecule has 0 aliphatic heterocycles. The SMILES string of the molecule is CC.CCC(=O)N(C)N=O. The largest absolute Gasteiger partial charge is 0.273 e. The molecule has 4 nitrogen and oxygen atoms in total. The van der Waals surface area contributed by atoms with Crippen LogP contribution in [0.2, 0.25) is 0 Å². The molecule has 0 aliphatic carbocycles. The van der Waals surface area contributed by atoms with E-state index in [0.717, 1.165) is 5.01 Å². The van der Waals surface area contributed by atoms with Gasteiger partial charge in [0, 0.05) is 13.5 Å². The fraction of sp³-hybridized carbons (Fsp3) is 0.833. The van der Waals surface area contributed by atoms with Gasteiger partial charge in [-0.3, -0.25) is 4.79 Å². The Labute approximate surface area is 61.2 Å². The van der Waals surface area contributed by atoms with Crippen molar-refractivity contribution in [3.8, 4) is 0 Å². The lowest BCUT2D eigenvalue weighted by Crippen LogP contribution is -2.18. The fourth-order valence-corrected chi connectivity index (χ4v) is 0.274. The van der Waals surface area contributed by atoms with E-state index < -0.39 is 0 Å². The highest BCUT2D eigenvalue weighted by atomic mass is 16.3. The summed E-state index contributed by atoms with van der Waals surface area (Å²) in [5, 5.41) is 3.17. The lowest BCUT2D eigenvalue weighted by Gasteiger charge is -2.01. The van der Waals surface area contributed by atoms with Crippen LogP contribution in [0.25, 0.3) is 0 Å². The summed E-state index contributed by atoms with van der Waals surface area (Å²) in [6.45, 7) is 5.67. The maximum Gasteiger partial charge on any atom is 0.244 e. The minimum Gasteiger partial charge on any atom is -0.273 e. The van der Waals surface area contributed by atoms with E-state index in [1.165, 1.54) is 7.05 Å². The van der Waals surface area contributed by atoms with Gasteiger partial charge in [-0.15, -0.1) is 4.91 Å². The summed E-state index contributed by atoms with van der Waals surface area (Å²) in [5.41, 5.74) is 0. The molecule has 0 bridgehead atoms. The first-order valence-electron chi connectivity index (χ1n) is 3.32. The standard InChI is InChI=1S/C4H8N2O2.C2H6/c1-3-4(7)6(2)5-8;1-2/h3H2,1-2H3;1-2H3. The average molecular weight is 146 g/mol. The summed E-state index contributed by atoms with van der Waals surface area (Å²) in [6, 6.07) is 0. The Morgan fingerprint density at radius 2 is 1.90 bits per heavy atom. The minimum absolute atomic E-state index is 0.264. The molecule has 4 heteroatoms. The van der Waals surface area contributed by atoms with E-state index in [4.69, 9.17) is 0 Å². The van der Waals surface area contributed by atoms with Gasteiger partial charge in [0.1, 0.15) is 0 Å². The molecular formula is C6H14N2O2. The summed E-state index contributed by atoms with van der Waals surface area (Å²) >= 11 is 0. The summed E-state index contributed by atoms with van der Waals surface area (Å²) in [7, 11) is 1.33. The first-order chi connectivity index (χ1) is 4.72. The van der Waals surface area contributed by atoms with Crippen molar-refractivity contribution >= 4 is 5.91 Å². The van der Waals surface area contributed by atoms with Gasteiger partial charge in [0.15, 0.2) is 0 Å². The van der Waals surface area contributed by atoms with Crippen molar-refractivity contribution in [3.63, 3.8) is 0 Å². The smallest absolute Gasteiger partial charge is 0.244 e. The van der Waals surface area contributed by atoms with E-state index in [1.807, 2.05) is 13.8 Å². The van der Waals surface area contributed by atoms with Crippen molar-refractivity contribution in [2.45, 2.75) is 27.2 Å². The van der Waals surface area contributed by atoms with Gasteiger partial charge in [0.25, 0.3) is 0 Å². The van der Waals surface area contributed by atoms with E-state index in [1.54, 1.807) is 6.92 Å². The highest BCUT2D eigenvalue weighted by molar-refractivity contribution is 5.74. The lowest BCUT2D eigenvalue weighted by atomic mass is 10.5. The summed E-state index contributed by atoms with van der Waals surface area (Å²) in [4.78, 5) is 19.9. The van der Waals surface area contributed by atoms with Crippen LogP contribution in [-0.2, 0) is 4.79 Å². The molecule has 0 aromatic rings. The molecule has 0 N–H and O–H groups in total. The average Bonchev–Trinajstić information content (AvgIpc) is 2.05. The van der Waals surface area contributed by atoms with Crippen LogP contribution in [0.15, 0.2) is 5.29 Å². The van der Waals surface area contributed by atoms with Crippen molar-refractivity contribution in [3.05, 3.63) is 4.91 Å². The molecule has 0 saturated carbocycles. The van der Waals surface area contributed by atoms with Crippen LogP contribution in [0.4, 0.5) is 0 Å². The highest BCUT2D eigenvalue weighted by Gasteiger charge is 2.02. The number of amides is 1. The normalized spacial score (nSPS) is 7.20. The first-order valence-corrected chi connectivity index (χ1v) is 3.32. The van der Waals surface area contributed by atoms with E-state index in [2.05, 4.69) is 5.29 Å². The molecule has 0 aliphatic rings.